The van der Waals surface area contributed by atoms with Crippen LogP contribution in [-0.2, 0) is 4.74 Å². The predicted molar refractivity (Wildman–Crippen MR) is 137 cm³/mol. The summed E-state index contributed by atoms with van der Waals surface area (Å²) in [5.74, 6) is 3.35. The topological polar surface area (TPSA) is 29.5 Å². The van der Waals surface area contributed by atoms with E-state index in [2.05, 4.69) is 61.5 Å². The molecule has 1 N–H and O–H groups in total. The predicted octanol–water partition coefficient (Wildman–Crippen LogP) is 7.65. The number of aliphatic hydroxyl groups is 1. The van der Waals surface area contributed by atoms with E-state index in [1.54, 1.807) is 5.57 Å². The second-order valence-corrected chi connectivity index (χ2v) is 15.0. The van der Waals surface area contributed by atoms with Gasteiger partial charge in [0, 0.05) is 13.0 Å². The van der Waals surface area contributed by atoms with Crippen LogP contribution in [0.1, 0.15) is 107 Å². The summed E-state index contributed by atoms with van der Waals surface area (Å²) in [4.78, 5) is 0. The summed E-state index contributed by atoms with van der Waals surface area (Å²) < 4.78 is 6.46. The Labute approximate surface area is 204 Å². The van der Waals surface area contributed by atoms with Crippen LogP contribution >= 0.6 is 0 Å². The lowest BCUT2D eigenvalue weighted by Crippen LogP contribution is -2.67. The summed E-state index contributed by atoms with van der Waals surface area (Å²) in [7, 11) is 1.97. The molecule has 2 heteroatoms. The molecule has 2 nitrogen and oxygen atoms in total. The van der Waals surface area contributed by atoms with Gasteiger partial charge in [-0.15, -0.1) is 0 Å². The van der Waals surface area contributed by atoms with Crippen LogP contribution in [0.4, 0.5) is 0 Å². The quantitative estimate of drug-likeness (QED) is 0.411. The van der Waals surface area contributed by atoms with Gasteiger partial charge in [-0.3, -0.25) is 0 Å². The summed E-state index contributed by atoms with van der Waals surface area (Å²) in [5, 5.41) is 11.0. The molecule has 0 aromatic carbocycles. The first-order valence-electron chi connectivity index (χ1n) is 14.2. The van der Waals surface area contributed by atoms with Crippen LogP contribution in [0.15, 0.2) is 11.6 Å². The van der Waals surface area contributed by atoms with Crippen LogP contribution in [0.25, 0.3) is 0 Å². The van der Waals surface area contributed by atoms with E-state index in [4.69, 9.17) is 4.74 Å². The molecule has 0 saturated heterocycles. The second-order valence-electron chi connectivity index (χ2n) is 15.0. The van der Waals surface area contributed by atoms with E-state index in [0.29, 0.717) is 23.2 Å². The summed E-state index contributed by atoms with van der Waals surface area (Å²) in [6, 6.07) is 0. The fourth-order valence-electron chi connectivity index (χ4n) is 11.1. The largest absolute Gasteiger partial charge is 0.393 e. The summed E-state index contributed by atoms with van der Waals surface area (Å²) in [5.41, 5.74) is 2.94. The molecular weight excluding hydrogens is 404 g/mol. The standard InChI is InChI=1S/C31H52O2/c1-19-10-13-28(5)16-17-30(7)21(25(28)20(19)2)18-22(33-9)26-29(6)14-12-24(32)27(3,4)23(29)11-15-31(26,30)8/h18-20,22-26,32H,10-17H2,1-9H3/t19-,20+,22-,23?,24+,25?,26?,28-,29+,30-,31-/m1/s1. The molecule has 33 heavy (non-hydrogen) atoms. The minimum absolute atomic E-state index is 0.0179. The van der Waals surface area contributed by atoms with Crippen molar-refractivity contribution in [1.82, 2.24) is 0 Å². The van der Waals surface area contributed by atoms with E-state index in [1.165, 1.54) is 38.5 Å². The Morgan fingerprint density at radius 2 is 1.58 bits per heavy atom. The molecule has 0 heterocycles. The second kappa shape index (κ2) is 7.34. The highest BCUT2D eigenvalue weighted by molar-refractivity contribution is 5.36. The maximum atomic E-state index is 11.0. The van der Waals surface area contributed by atoms with Crippen LogP contribution < -0.4 is 0 Å². The first-order valence-corrected chi connectivity index (χ1v) is 14.2. The van der Waals surface area contributed by atoms with Crippen molar-refractivity contribution in [2.45, 2.75) is 119 Å². The molecule has 0 bridgehead atoms. The van der Waals surface area contributed by atoms with Crippen molar-refractivity contribution in [3.8, 4) is 0 Å². The van der Waals surface area contributed by atoms with Crippen LogP contribution in [-0.4, -0.2) is 24.4 Å². The molecule has 0 spiro atoms. The number of aliphatic hydroxyl groups excluding tert-OH is 1. The highest BCUT2D eigenvalue weighted by atomic mass is 16.5. The molecule has 4 fully saturated rings. The number of hydrogen-bond donors (Lipinski definition) is 1. The van der Waals surface area contributed by atoms with E-state index in [0.717, 1.165) is 24.7 Å². The normalized spacial score (nSPS) is 57.8. The molecule has 5 rings (SSSR count). The number of allylic oxidation sites excluding steroid dienone is 1. The Morgan fingerprint density at radius 1 is 0.879 bits per heavy atom. The van der Waals surface area contributed by atoms with Crippen molar-refractivity contribution in [3.05, 3.63) is 11.6 Å². The third-order valence-corrected chi connectivity index (χ3v) is 13.6. The van der Waals surface area contributed by atoms with Gasteiger partial charge >= 0.3 is 0 Å². The Kier molecular flexibility index (Phi) is 5.42. The molecule has 0 aliphatic heterocycles. The molecule has 0 radical (unpaired) electrons. The van der Waals surface area contributed by atoms with E-state index in [9.17, 15) is 5.11 Å². The van der Waals surface area contributed by atoms with Crippen LogP contribution in [0, 0.1) is 56.7 Å². The summed E-state index contributed by atoms with van der Waals surface area (Å²) in [6.45, 7) is 20.3. The third-order valence-electron chi connectivity index (χ3n) is 13.6. The van der Waals surface area contributed by atoms with Crippen LogP contribution in [0.5, 0.6) is 0 Å². The summed E-state index contributed by atoms with van der Waals surface area (Å²) >= 11 is 0. The number of hydrogen-bond acceptors (Lipinski definition) is 2. The van der Waals surface area contributed by atoms with Gasteiger partial charge in [-0.1, -0.05) is 67.0 Å². The van der Waals surface area contributed by atoms with E-state index >= 15 is 0 Å². The lowest BCUT2D eigenvalue weighted by Gasteiger charge is -2.72. The summed E-state index contributed by atoms with van der Waals surface area (Å²) in [6.07, 6.45) is 12.8. The Balaban J connectivity index is 1.66. The lowest BCUT2D eigenvalue weighted by atomic mass is 9.33. The molecule has 0 aromatic rings. The molecule has 0 aromatic heterocycles. The maximum absolute atomic E-state index is 11.0. The van der Waals surface area contributed by atoms with Gasteiger partial charge in [-0.2, -0.15) is 0 Å². The first kappa shape index (κ1) is 24.4. The first-order chi connectivity index (χ1) is 15.3. The van der Waals surface area contributed by atoms with Crippen molar-refractivity contribution in [2.24, 2.45) is 56.7 Å². The molecule has 188 valence electrons. The van der Waals surface area contributed by atoms with Gasteiger partial charge in [-0.05, 0) is 102 Å². The fourth-order valence-corrected chi connectivity index (χ4v) is 11.1. The number of fused-ring (bicyclic) bond motifs is 7. The minimum atomic E-state index is -0.175. The highest BCUT2D eigenvalue weighted by Crippen LogP contribution is 2.75. The maximum Gasteiger partial charge on any atom is 0.0793 e. The zero-order valence-corrected chi connectivity index (χ0v) is 23.1. The minimum Gasteiger partial charge on any atom is -0.393 e. The van der Waals surface area contributed by atoms with E-state index in [-0.39, 0.29) is 33.9 Å². The Hall–Kier alpha value is -0.340. The SMILES string of the molecule is CO[C@@H]1C=C2C3[C@@H](C)[C@H](C)CC[C@]3(C)CC[C@@]2(C)[C@]2(C)CCC3C(C)(C)[C@@H](O)CC[C@]3(C)C12. The molecule has 11 atom stereocenters. The molecule has 0 amide bonds. The van der Waals surface area contributed by atoms with Gasteiger partial charge < -0.3 is 9.84 Å². The molecule has 4 saturated carbocycles. The fraction of sp³-hybridized carbons (Fsp3) is 0.935. The van der Waals surface area contributed by atoms with E-state index < -0.39 is 0 Å². The lowest BCUT2D eigenvalue weighted by molar-refractivity contribution is -0.228. The Morgan fingerprint density at radius 3 is 2.24 bits per heavy atom. The Bertz CT molecular complexity index is 829. The van der Waals surface area contributed by atoms with Crippen molar-refractivity contribution < 1.29 is 9.84 Å². The molecule has 5 aliphatic carbocycles. The zero-order valence-electron chi connectivity index (χ0n) is 23.1. The number of ether oxygens (including phenoxy) is 1. The monoisotopic (exact) mass is 456 g/mol. The van der Waals surface area contributed by atoms with Gasteiger partial charge in [0.15, 0.2) is 0 Å². The zero-order chi connectivity index (χ0) is 24.2. The average molecular weight is 457 g/mol. The van der Waals surface area contributed by atoms with Gasteiger partial charge in [0.2, 0.25) is 0 Å². The van der Waals surface area contributed by atoms with Crippen molar-refractivity contribution in [1.29, 1.82) is 0 Å². The molecule has 5 aliphatic rings. The van der Waals surface area contributed by atoms with Gasteiger partial charge in [-0.25, -0.2) is 0 Å². The van der Waals surface area contributed by atoms with Gasteiger partial charge in [0.25, 0.3) is 0 Å². The smallest absolute Gasteiger partial charge is 0.0793 e. The van der Waals surface area contributed by atoms with Crippen molar-refractivity contribution in [3.63, 3.8) is 0 Å². The van der Waals surface area contributed by atoms with E-state index in [1.807, 2.05) is 7.11 Å². The molecular formula is C31H52O2. The molecule has 3 unspecified atom stereocenters. The van der Waals surface area contributed by atoms with Crippen LogP contribution in [0.3, 0.4) is 0 Å². The highest BCUT2D eigenvalue weighted by Gasteiger charge is 2.70. The van der Waals surface area contributed by atoms with Crippen molar-refractivity contribution >= 4 is 0 Å². The average Bonchev–Trinajstić information content (AvgIpc) is 2.74. The van der Waals surface area contributed by atoms with Gasteiger partial charge in [0.1, 0.15) is 0 Å². The van der Waals surface area contributed by atoms with Gasteiger partial charge in [0.05, 0.1) is 12.2 Å². The number of methoxy groups -OCH3 is 1. The third kappa shape index (κ3) is 2.92. The van der Waals surface area contributed by atoms with Crippen molar-refractivity contribution in [2.75, 3.05) is 7.11 Å². The number of rotatable bonds is 1. The van der Waals surface area contributed by atoms with Crippen LogP contribution in [0.2, 0.25) is 0 Å².